The van der Waals surface area contributed by atoms with E-state index in [1.165, 1.54) is 0 Å². The molecule has 20 nitrogen and oxygen atoms in total. The third-order valence-corrected chi connectivity index (χ3v) is 18.7. The molecule has 0 amide bonds. The quantitative estimate of drug-likeness (QED) is 0.0374. The molecular formula is C88H74N8O12. The van der Waals surface area contributed by atoms with Crippen LogP contribution in [0.15, 0.2) is 243 Å². The summed E-state index contributed by atoms with van der Waals surface area (Å²) in [7, 11) is 0. The zero-order valence-corrected chi connectivity index (χ0v) is 59.0. The minimum atomic E-state index is 0.208. The van der Waals surface area contributed by atoms with Crippen LogP contribution in [0, 0.1) is 0 Å². The molecule has 2 aliphatic rings. The van der Waals surface area contributed by atoms with Crippen molar-refractivity contribution < 1.29 is 56.8 Å². The van der Waals surface area contributed by atoms with Gasteiger partial charge in [-0.05, 0) is 70.1 Å². The van der Waals surface area contributed by atoms with Gasteiger partial charge in [0.15, 0.2) is 23.3 Å². The maximum absolute atomic E-state index is 6.67. The molecule has 20 heteroatoms. The van der Waals surface area contributed by atoms with Gasteiger partial charge in [-0.3, -0.25) is 0 Å². The molecule has 2 aliphatic heterocycles. The number of H-pyrrole nitrogens is 2. The minimum absolute atomic E-state index is 0.208. The summed E-state index contributed by atoms with van der Waals surface area (Å²) in [5.74, 6) is 6.69. The van der Waals surface area contributed by atoms with Crippen LogP contribution in [-0.4, -0.2) is 146 Å². The second kappa shape index (κ2) is 32.3. The highest BCUT2D eigenvalue weighted by atomic mass is 16.6. The number of aromatic nitrogens is 8. The van der Waals surface area contributed by atoms with Crippen molar-refractivity contribution in [3.05, 3.63) is 243 Å². The highest BCUT2D eigenvalue weighted by Crippen LogP contribution is 2.45. The molecule has 17 rings (SSSR count). The molecular weight excluding hydrogens is 1360 g/mol. The molecule has 5 heterocycles. The Balaban J connectivity index is 0.707. The van der Waals surface area contributed by atoms with Crippen LogP contribution in [0.1, 0.15) is 0 Å². The molecule has 0 saturated heterocycles. The van der Waals surface area contributed by atoms with Gasteiger partial charge in [0, 0.05) is 43.4 Å². The lowest BCUT2D eigenvalue weighted by atomic mass is 10.1. The van der Waals surface area contributed by atoms with Gasteiger partial charge in [-0.25, -0.2) is 29.9 Å². The number of fused-ring (bicyclic) bond motifs is 24. The van der Waals surface area contributed by atoms with E-state index in [-0.39, 0.29) is 52.9 Å². The second-order valence-electron chi connectivity index (χ2n) is 25.5. The summed E-state index contributed by atoms with van der Waals surface area (Å²) in [5.41, 5.74) is 4.29. The first kappa shape index (κ1) is 68.4. The number of ether oxygens (including phenoxy) is 12. The van der Waals surface area contributed by atoms with Gasteiger partial charge in [-0.1, -0.05) is 194 Å². The largest absolute Gasteiger partial charge is 0.491 e. The predicted octanol–water partition coefficient (Wildman–Crippen LogP) is 17.4. The molecule has 15 aromatic rings. The molecule has 2 N–H and O–H groups in total. The monoisotopic (exact) mass is 1430 g/mol. The van der Waals surface area contributed by atoms with Crippen LogP contribution < -0.4 is 37.9 Å². The molecule has 0 spiro atoms. The van der Waals surface area contributed by atoms with E-state index in [4.69, 9.17) is 86.7 Å². The summed E-state index contributed by atoms with van der Waals surface area (Å²) < 4.78 is 75.9. The van der Waals surface area contributed by atoms with Crippen LogP contribution >= 0.6 is 0 Å². The lowest BCUT2D eigenvalue weighted by Gasteiger charge is -2.12. The van der Waals surface area contributed by atoms with Gasteiger partial charge in [-0.15, -0.1) is 0 Å². The third-order valence-electron chi connectivity index (χ3n) is 18.7. The normalized spacial score (nSPS) is 11.7. The summed E-state index contributed by atoms with van der Waals surface area (Å²) in [6.07, 6.45) is 0. The zero-order chi connectivity index (χ0) is 72.2. The maximum atomic E-state index is 6.67. The first-order chi connectivity index (χ1) is 53.6. The van der Waals surface area contributed by atoms with Gasteiger partial charge >= 0.3 is 0 Å². The lowest BCUT2D eigenvalue weighted by molar-refractivity contribution is 0.0769. The number of hydrogen-bond acceptors (Lipinski definition) is 18. The Bertz CT molecular complexity index is 5570. The van der Waals surface area contributed by atoms with Gasteiger partial charge in [0.2, 0.25) is 0 Å². The highest BCUT2D eigenvalue weighted by Gasteiger charge is 2.28. The number of nitrogens with one attached hydrogen (secondary N) is 2. The minimum Gasteiger partial charge on any atom is -0.491 e. The van der Waals surface area contributed by atoms with Crippen molar-refractivity contribution in [2.75, 3.05) is 106 Å². The van der Waals surface area contributed by atoms with Crippen molar-refractivity contribution in [1.82, 2.24) is 39.9 Å². The fraction of sp³-hybridized carbons (Fsp3) is 0.182. The average Bonchev–Trinajstić information content (AvgIpc) is 1.59. The van der Waals surface area contributed by atoms with Crippen molar-refractivity contribution in [1.29, 1.82) is 0 Å². The molecule has 0 radical (unpaired) electrons. The van der Waals surface area contributed by atoms with Crippen molar-refractivity contribution in [3.8, 4) is 91.5 Å². The topological polar surface area (TPSA) is 220 Å². The summed E-state index contributed by atoms with van der Waals surface area (Å²) in [6, 6.07) is 79.9. The standard InChI is InChI=1S/C88H74N8O12/c1-5-25-61-57(17-1)21-9-33-69(61)101-49-41-97-45-53-105-73-37-13-29-65-77(73)85-89-81(65)94-86-79-67(31-15-39-75(79)107-55-47-99-43-51-103-71-35-11-23-59-19-3-7-27-63(59)71)83(91-86)96-88-80-68(32-16-40-76(80)108-56-48-100-44-52-104-72-36-12-24-60-20-4-8-28-64(60)72)84(92-88)95-87-78-66(82(90-87)93-85)30-14-38-74(78)106-54-46-98-42-50-102-70-34-10-22-58-18-2-6-26-62(58)70/h1-40H,41-56H2,(H2,89,90,91,92,93,94,95,96). The fourth-order valence-electron chi connectivity index (χ4n) is 13.7. The average molecular weight is 1440 g/mol. The zero-order valence-electron chi connectivity index (χ0n) is 59.0. The number of benzene rings is 12. The van der Waals surface area contributed by atoms with Crippen molar-refractivity contribution in [2.45, 2.75) is 0 Å². The van der Waals surface area contributed by atoms with Crippen molar-refractivity contribution in [2.24, 2.45) is 0 Å². The Hall–Kier alpha value is -12.7. The Morgan fingerprint density at radius 2 is 0.435 bits per heavy atom. The Morgan fingerprint density at radius 3 is 0.769 bits per heavy atom. The molecule has 0 fully saturated rings. The molecule has 538 valence electrons. The molecule has 108 heavy (non-hydrogen) atoms. The van der Waals surface area contributed by atoms with E-state index in [9.17, 15) is 0 Å². The Morgan fingerprint density at radius 1 is 0.194 bits per heavy atom. The number of hydrogen-bond donors (Lipinski definition) is 2. The first-order valence-corrected chi connectivity index (χ1v) is 36.2. The molecule has 12 aromatic carbocycles. The van der Waals surface area contributed by atoms with E-state index in [0.29, 0.717) is 166 Å². The van der Waals surface area contributed by atoms with E-state index in [1.807, 2.05) is 170 Å². The summed E-state index contributed by atoms with van der Waals surface area (Å²) in [5, 5.41) is 11.3. The Kier molecular flexibility index (Phi) is 20.5. The molecule has 0 atom stereocenters. The number of aromatic amines is 2. The van der Waals surface area contributed by atoms with Crippen LogP contribution in [0.4, 0.5) is 0 Å². The van der Waals surface area contributed by atoms with E-state index in [0.717, 1.165) is 66.1 Å². The molecule has 3 aromatic heterocycles. The van der Waals surface area contributed by atoms with E-state index < -0.39 is 0 Å². The summed E-state index contributed by atoms with van der Waals surface area (Å²) in [4.78, 5) is 39.5. The summed E-state index contributed by atoms with van der Waals surface area (Å²) in [6.45, 7) is 4.74. The van der Waals surface area contributed by atoms with Crippen LogP contribution in [0.2, 0.25) is 0 Å². The number of nitrogens with zero attached hydrogens (tertiary/aromatic N) is 6. The molecule has 0 unspecified atom stereocenters. The number of rotatable bonds is 32. The van der Waals surface area contributed by atoms with E-state index in [1.54, 1.807) is 0 Å². The van der Waals surface area contributed by atoms with Crippen molar-refractivity contribution >= 4 is 87.2 Å². The molecule has 0 aliphatic carbocycles. The van der Waals surface area contributed by atoms with Crippen LogP contribution in [-0.2, 0) is 18.9 Å². The summed E-state index contributed by atoms with van der Waals surface area (Å²) >= 11 is 0. The highest BCUT2D eigenvalue weighted by molar-refractivity contribution is 6.10. The Labute approximate surface area is 620 Å². The van der Waals surface area contributed by atoms with Crippen LogP contribution in [0.25, 0.3) is 133 Å². The van der Waals surface area contributed by atoms with E-state index >= 15 is 0 Å². The molecule has 8 bridgehead atoms. The van der Waals surface area contributed by atoms with Crippen molar-refractivity contribution in [3.63, 3.8) is 0 Å². The van der Waals surface area contributed by atoms with Crippen LogP contribution in [0.5, 0.6) is 46.0 Å². The lowest BCUT2D eigenvalue weighted by Crippen LogP contribution is -2.12. The van der Waals surface area contributed by atoms with Gasteiger partial charge < -0.3 is 66.8 Å². The second-order valence-corrected chi connectivity index (χ2v) is 25.5. The SMILES string of the molecule is c1cc(OCCOCCOc2cccc3ccccc23)c2c(c1)-c1nc-2nc2[nH]c(nc3nc(nc4[nH]c(n1)c1c(OCCOCCOc5cccc6ccccc56)cccc41)-c1c(OCCOCCOc4cccc5ccccc45)cccc1-3)c1c(OCCOCCOc3cccc4ccccc34)cccc21. The maximum Gasteiger partial charge on any atom is 0.168 e. The third kappa shape index (κ3) is 14.9. The molecule has 0 saturated carbocycles. The van der Waals surface area contributed by atoms with Gasteiger partial charge in [0.1, 0.15) is 121 Å². The smallest absolute Gasteiger partial charge is 0.168 e. The van der Waals surface area contributed by atoms with Gasteiger partial charge in [0.25, 0.3) is 0 Å². The first-order valence-electron chi connectivity index (χ1n) is 36.2. The van der Waals surface area contributed by atoms with Gasteiger partial charge in [0.05, 0.1) is 74.8 Å². The van der Waals surface area contributed by atoms with Crippen LogP contribution in [0.3, 0.4) is 0 Å². The van der Waals surface area contributed by atoms with Gasteiger partial charge in [-0.2, -0.15) is 0 Å². The van der Waals surface area contributed by atoms with E-state index in [2.05, 4.69) is 82.8 Å². The predicted molar refractivity (Wildman–Crippen MR) is 419 cm³/mol. The fourth-order valence-corrected chi connectivity index (χ4v) is 13.7.